The van der Waals surface area contributed by atoms with E-state index in [1.54, 1.807) is 47.0 Å². The van der Waals surface area contributed by atoms with E-state index in [-0.39, 0.29) is 29.4 Å². The number of aromatic nitrogens is 2. The van der Waals surface area contributed by atoms with E-state index in [1.807, 2.05) is 40.1 Å². The molecule has 1 aromatic heterocycles. The van der Waals surface area contributed by atoms with Crippen LogP contribution in [-0.2, 0) is 13.9 Å². The third kappa shape index (κ3) is 7.66. The average Bonchev–Trinajstić information content (AvgIpc) is 3.56. The van der Waals surface area contributed by atoms with Crippen molar-refractivity contribution >= 4 is 25.6 Å². The van der Waals surface area contributed by atoms with Crippen LogP contribution in [0.3, 0.4) is 0 Å². The molecule has 3 N–H and O–H groups in total. The minimum atomic E-state index is -5.21. The van der Waals surface area contributed by atoms with Gasteiger partial charge in [-0.3, -0.25) is 19.4 Å². The number of rotatable bonds is 14. The van der Waals surface area contributed by atoms with Crippen molar-refractivity contribution in [3.05, 3.63) is 59.3 Å². The lowest BCUT2D eigenvalue weighted by Gasteiger charge is -2.59. The molecule has 14 nitrogen and oxygen atoms in total. The molecule has 4 saturated carbocycles. The smallest absolute Gasteiger partial charge is 0.496 e. The number of ether oxygens (including phenoxy) is 2. The van der Waals surface area contributed by atoms with Crippen molar-refractivity contribution in [1.29, 1.82) is 0 Å². The summed E-state index contributed by atoms with van der Waals surface area (Å²) in [6.45, 7) is 5.47. The Labute approximate surface area is 316 Å². The van der Waals surface area contributed by atoms with Gasteiger partial charge in [-0.25, -0.2) is 14.0 Å². The summed E-state index contributed by atoms with van der Waals surface area (Å²) in [4.78, 5) is 65.1. The minimum Gasteiger partial charge on any atom is -0.496 e. The van der Waals surface area contributed by atoms with Gasteiger partial charge in [0.15, 0.2) is 5.69 Å². The molecule has 0 aliphatic heterocycles. The highest BCUT2D eigenvalue weighted by atomic mass is 31.2. The Balaban J connectivity index is 1.45. The molecule has 1 heterocycles. The molecule has 0 atom stereocenters. The number of hydrogen-bond acceptors (Lipinski definition) is 9. The standard InChI is InChI=1S/C39H52N5O9P/c1-23(2)29-21-26(37(46)43(5)15-9-14-42(3)4)12-13-31(29)44-32(35-33(51-6)10-8-11-34(35)52-7)22-30(41-44)36(45)40-39(38(47)53-54(48,49)50)27-17-24-16-25(19-27)20-28(39)18-24/h8,10-13,21-25,27-28H,9,14-20H2,1-7H3,(H,40,45)(H2,48,49,50). The van der Waals surface area contributed by atoms with Gasteiger partial charge < -0.3 is 29.1 Å². The summed E-state index contributed by atoms with van der Waals surface area (Å²) >= 11 is 0. The van der Waals surface area contributed by atoms with E-state index in [4.69, 9.17) is 19.1 Å². The van der Waals surface area contributed by atoms with Crippen molar-refractivity contribution in [3.8, 4) is 28.4 Å². The highest BCUT2D eigenvalue weighted by molar-refractivity contribution is 7.46. The SMILES string of the molecule is COc1cccc(OC)c1-c1cc(C(=O)NC2(C(=O)OP(=O)(O)O)C3CC4CC(C3)CC2C4)nn1-c1ccc(C(=O)N(C)CCCN(C)C)cc1C(C)C. The number of amides is 2. The average molecular weight is 766 g/mol. The highest BCUT2D eigenvalue weighted by Crippen LogP contribution is 2.59. The monoisotopic (exact) mass is 765 g/mol. The molecule has 0 unspecified atom stereocenters. The molecule has 54 heavy (non-hydrogen) atoms. The first-order valence-electron chi connectivity index (χ1n) is 18.5. The Kier molecular flexibility index (Phi) is 11.3. The second-order valence-corrected chi connectivity index (χ2v) is 16.8. The highest BCUT2D eigenvalue weighted by Gasteiger charge is 2.63. The van der Waals surface area contributed by atoms with E-state index in [0.717, 1.165) is 24.9 Å². The predicted octanol–water partition coefficient (Wildman–Crippen LogP) is 5.26. The molecule has 2 amide bonds. The van der Waals surface area contributed by atoms with E-state index in [0.29, 0.717) is 78.1 Å². The molecule has 0 saturated heterocycles. The number of benzene rings is 2. The van der Waals surface area contributed by atoms with Crippen LogP contribution in [0.2, 0.25) is 0 Å². The number of phosphoric ester groups is 1. The summed E-state index contributed by atoms with van der Waals surface area (Å²) in [5.41, 5.74) is 1.25. The van der Waals surface area contributed by atoms with Gasteiger partial charge in [-0.05, 0) is 131 Å². The van der Waals surface area contributed by atoms with Gasteiger partial charge in [-0.2, -0.15) is 5.10 Å². The van der Waals surface area contributed by atoms with Gasteiger partial charge in [0, 0.05) is 19.2 Å². The van der Waals surface area contributed by atoms with Crippen LogP contribution in [0.15, 0.2) is 42.5 Å². The fourth-order valence-corrected chi connectivity index (χ4v) is 9.56. The Morgan fingerprint density at radius 3 is 2.09 bits per heavy atom. The molecular weight excluding hydrogens is 713 g/mol. The summed E-state index contributed by atoms with van der Waals surface area (Å²) in [6.07, 6.45) is 4.47. The van der Waals surface area contributed by atoms with E-state index < -0.39 is 25.2 Å². The zero-order valence-corrected chi connectivity index (χ0v) is 33.0. The summed E-state index contributed by atoms with van der Waals surface area (Å²) in [5.74, 6) is -0.980. The van der Waals surface area contributed by atoms with Gasteiger partial charge >= 0.3 is 13.8 Å². The molecule has 4 fully saturated rings. The van der Waals surface area contributed by atoms with Crippen LogP contribution >= 0.6 is 7.82 Å². The van der Waals surface area contributed by atoms with Crippen LogP contribution in [0.4, 0.5) is 0 Å². The molecule has 4 bridgehead atoms. The van der Waals surface area contributed by atoms with Crippen LogP contribution < -0.4 is 14.8 Å². The molecule has 2 aromatic carbocycles. The molecule has 292 valence electrons. The first kappa shape index (κ1) is 39.5. The van der Waals surface area contributed by atoms with Crippen LogP contribution in [0.5, 0.6) is 11.5 Å². The number of methoxy groups -OCH3 is 2. The number of phosphoric acid groups is 1. The molecule has 0 spiro atoms. The van der Waals surface area contributed by atoms with Crippen molar-refractivity contribution < 1.29 is 42.7 Å². The van der Waals surface area contributed by atoms with Gasteiger partial charge in [0.25, 0.3) is 11.8 Å². The molecule has 7 rings (SSSR count). The summed E-state index contributed by atoms with van der Waals surface area (Å²) in [5, 5.41) is 7.82. The number of nitrogens with one attached hydrogen (secondary N) is 1. The first-order chi connectivity index (χ1) is 25.6. The zero-order valence-electron chi connectivity index (χ0n) is 32.1. The summed E-state index contributed by atoms with van der Waals surface area (Å²) in [7, 11) is 3.63. The van der Waals surface area contributed by atoms with E-state index in [2.05, 4.69) is 10.2 Å². The molecule has 0 radical (unpaired) electrons. The Hall–Kier alpha value is -4.23. The lowest BCUT2D eigenvalue weighted by atomic mass is 9.48. The number of hydrogen-bond donors (Lipinski definition) is 3. The minimum absolute atomic E-state index is 0.0365. The maximum absolute atomic E-state index is 14.5. The van der Waals surface area contributed by atoms with E-state index >= 15 is 0 Å². The lowest BCUT2D eigenvalue weighted by Crippen LogP contribution is -2.70. The van der Waals surface area contributed by atoms with Crippen molar-refractivity contribution in [3.63, 3.8) is 0 Å². The normalized spacial score (nSPS) is 23.1. The largest absolute Gasteiger partial charge is 0.527 e. The van der Waals surface area contributed by atoms with Crippen LogP contribution in [-0.4, -0.2) is 101 Å². The Morgan fingerprint density at radius 2 is 1.56 bits per heavy atom. The van der Waals surface area contributed by atoms with Crippen LogP contribution in [0, 0.1) is 23.7 Å². The fourth-order valence-electron chi connectivity index (χ4n) is 9.20. The number of carbonyl (C=O) groups excluding carboxylic acids is 3. The Bertz CT molecular complexity index is 1900. The zero-order chi connectivity index (χ0) is 39.1. The Morgan fingerprint density at radius 1 is 0.944 bits per heavy atom. The molecule has 4 aliphatic carbocycles. The molecular formula is C39H52N5O9P. The van der Waals surface area contributed by atoms with Crippen LogP contribution in [0.25, 0.3) is 16.9 Å². The second-order valence-electron chi connectivity index (χ2n) is 15.7. The van der Waals surface area contributed by atoms with E-state index in [9.17, 15) is 28.7 Å². The third-order valence-corrected chi connectivity index (χ3v) is 11.9. The van der Waals surface area contributed by atoms with E-state index in [1.165, 1.54) is 14.2 Å². The molecule has 15 heteroatoms. The lowest BCUT2D eigenvalue weighted by molar-refractivity contribution is -0.161. The molecule has 3 aromatic rings. The predicted molar refractivity (Wildman–Crippen MR) is 202 cm³/mol. The van der Waals surface area contributed by atoms with Crippen LogP contribution in [0.1, 0.15) is 84.7 Å². The van der Waals surface area contributed by atoms with Gasteiger partial charge in [0.05, 0.1) is 31.2 Å². The number of carbonyl (C=O) groups is 3. The maximum Gasteiger partial charge on any atom is 0.527 e. The van der Waals surface area contributed by atoms with Gasteiger partial charge in [0.1, 0.15) is 17.0 Å². The van der Waals surface area contributed by atoms with Crippen molar-refractivity contribution in [1.82, 2.24) is 24.9 Å². The van der Waals surface area contributed by atoms with Crippen molar-refractivity contribution in [2.24, 2.45) is 23.7 Å². The third-order valence-electron chi connectivity index (χ3n) is 11.5. The second kappa shape index (κ2) is 15.5. The van der Waals surface area contributed by atoms with Gasteiger partial charge in [-0.1, -0.05) is 19.9 Å². The summed E-state index contributed by atoms with van der Waals surface area (Å²) in [6, 6.07) is 12.3. The summed E-state index contributed by atoms with van der Waals surface area (Å²) < 4.78 is 29.9. The molecule has 4 aliphatic rings. The van der Waals surface area contributed by atoms with Crippen molar-refractivity contribution in [2.45, 2.75) is 63.8 Å². The quantitative estimate of drug-likeness (QED) is 0.183. The van der Waals surface area contributed by atoms with Gasteiger partial charge in [0.2, 0.25) is 0 Å². The topological polar surface area (TPSA) is 173 Å². The van der Waals surface area contributed by atoms with Gasteiger partial charge in [-0.15, -0.1) is 0 Å². The fraction of sp³-hybridized carbons (Fsp3) is 0.538. The number of nitrogens with zero attached hydrogens (tertiary/aromatic N) is 4. The maximum atomic E-state index is 14.5. The van der Waals surface area contributed by atoms with Crippen molar-refractivity contribution in [2.75, 3.05) is 48.5 Å². The first-order valence-corrected chi connectivity index (χ1v) is 20.1.